The number of benzene rings is 2. The Balaban J connectivity index is 1.78. The van der Waals surface area contributed by atoms with Gasteiger partial charge in [-0.1, -0.05) is 30.3 Å². The van der Waals surface area contributed by atoms with Crippen LogP contribution >= 0.6 is 0 Å². The van der Waals surface area contributed by atoms with Gasteiger partial charge in [-0.2, -0.15) is 0 Å². The van der Waals surface area contributed by atoms with Gasteiger partial charge in [0.1, 0.15) is 23.2 Å². The molecule has 0 spiro atoms. The molecule has 1 aliphatic rings. The Bertz CT molecular complexity index is 957. The van der Waals surface area contributed by atoms with Crippen molar-refractivity contribution in [1.82, 2.24) is 9.80 Å². The Morgan fingerprint density at radius 2 is 1.88 bits per heavy atom. The number of halogens is 1. The molecule has 0 aliphatic carbocycles. The van der Waals surface area contributed by atoms with Crippen LogP contribution in [0.2, 0.25) is 0 Å². The van der Waals surface area contributed by atoms with Crippen LogP contribution in [0.4, 0.5) is 9.18 Å². The number of phenols is 1. The number of nitrogens with zero attached hydrogens (tertiary/aromatic N) is 2. The number of phenolic OH excluding ortho intramolecular Hbond substituents is 1. The number of ether oxygens (including phenoxy) is 1. The van der Waals surface area contributed by atoms with Gasteiger partial charge in [0.25, 0.3) is 0 Å². The molecule has 33 heavy (non-hydrogen) atoms. The van der Waals surface area contributed by atoms with Crippen LogP contribution in [0.5, 0.6) is 5.75 Å². The first-order valence-electron chi connectivity index (χ1n) is 11.1. The highest BCUT2D eigenvalue weighted by atomic mass is 19.1. The van der Waals surface area contributed by atoms with Crippen LogP contribution < -0.4 is 5.73 Å². The second kappa shape index (κ2) is 10.2. The van der Waals surface area contributed by atoms with Crippen LogP contribution in [-0.2, 0) is 22.5 Å². The number of hydrogen-bond donors (Lipinski definition) is 2. The molecule has 2 aromatic rings. The van der Waals surface area contributed by atoms with E-state index in [9.17, 15) is 19.1 Å². The molecule has 1 heterocycles. The number of hydrogen-bond acceptors (Lipinski definition) is 5. The van der Waals surface area contributed by atoms with E-state index >= 15 is 0 Å². The Morgan fingerprint density at radius 3 is 2.52 bits per heavy atom. The zero-order valence-corrected chi connectivity index (χ0v) is 19.3. The van der Waals surface area contributed by atoms with E-state index in [2.05, 4.69) is 0 Å². The smallest absolute Gasteiger partial charge is 0.411 e. The molecule has 2 amide bonds. The van der Waals surface area contributed by atoms with Crippen molar-refractivity contribution in [2.24, 2.45) is 5.73 Å². The highest BCUT2D eigenvalue weighted by molar-refractivity contribution is 5.87. The van der Waals surface area contributed by atoms with E-state index in [0.29, 0.717) is 25.2 Å². The largest absolute Gasteiger partial charge is 0.508 e. The molecule has 0 aromatic heterocycles. The molecule has 1 fully saturated rings. The van der Waals surface area contributed by atoms with Gasteiger partial charge in [-0.25, -0.2) is 9.18 Å². The number of nitrogens with two attached hydrogens (primary N) is 1. The third-order valence-corrected chi connectivity index (χ3v) is 5.39. The lowest BCUT2D eigenvalue weighted by Gasteiger charge is -2.41. The predicted molar refractivity (Wildman–Crippen MR) is 123 cm³/mol. The van der Waals surface area contributed by atoms with Gasteiger partial charge >= 0.3 is 6.09 Å². The molecular formula is C25H32FN3O4. The fraction of sp³-hybridized carbons (Fsp3) is 0.440. The van der Waals surface area contributed by atoms with E-state index in [0.717, 1.165) is 11.6 Å². The highest BCUT2D eigenvalue weighted by Crippen LogP contribution is 2.23. The molecule has 8 heteroatoms. The second-order valence-corrected chi connectivity index (χ2v) is 9.45. The fourth-order valence-corrected chi connectivity index (χ4v) is 3.99. The van der Waals surface area contributed by atoms with E-state index < -0.39 is 29.6 Å². The van der Waals surface area contributed by atoms with Gasteiger partial charge in [0, 0.05) is 31.7 Å². The SMILES string of the molecule is CC(C)(C)OC(=O)N1CCN(Cc2ccccc2)C(=O)[C@@H]1C[C@@H](N)Cc1cc(O)cc(F)c1. The Morgan fingerprint density at radius 1 is 1.18 bits per heavy atom. The fourth-order valence-electron chi connectivity index (χ4n) is 3.99. The summed E-state index contributed by atoms with van der Waals surface area (Å²) in [5.41, 5.74) is 7.15. The second-order valence-electron chi connectivity index (χ2n) is 9.45. The molecule has 1 saturated heterocycles. The first-order chi connectivity index (χ1) is 15.5. The summed E-state index contributed by atoms with van der Waals surface area (Å²) in [7, 11) is 0. The van der Waals surface area contributed by atoms with E-state index in [1.54, 1.807) is 25.7 Å². The minimum absolute atomic E-state index is 0.181. The third kappa shape index (κ3) is 6.92. The molecule has 0 unspecified atom stereocenters. The van der Waals surface area contributed by atoms with Crippen LogP contribution in [0.25, 0.3) is 0 Å². The molecule has 3 N–H and O–H groups in total. The monoisotopic (exact) mass is 457 g/mol. The standard InChI is InChI=1S/C25H32FN3O4/c1-25(2,3)33-24(32)29-10-9-28(16-17-7-5-4-6-8-17)23(31)22(29)15-20(27)12-18-11-19(26)14-21(30)13-18/h4-8,11,13-14,20,22,30H,9-10,12,15-16,27H2,1-3H3/t20-,22-/m0/s1. The molecule has 178 valence electrons. The van der Waals surface area contributed by atoms with Crippen molar-refractivity contribution in [3.8, 4) is 5.75 Å². The first kappa shape index (κ1) is 24.5. The quantitative estimate of drug-likeness (QED) is 0.693. The van der Waals surface area contributed by atoms with Crippen molar-refractivity contribution in [2.75, 3.05) is 13.1 Å². The minimum atomic E-state index is -0.797. The Kier molecular flexibility index (Phi) is 7.58. The number of amides is 2. The molecule has 0 radical (unpaired) electrons. The van der Waals surface area contributed by atoms with Gasteiger partial charge in [-0.15, -0.1) is 0 Å². The summed E-state index contributed by atoms with van der Waals surface area (Å²) in [6.07, 6.45) is -0.132. The van der Waals surface area contributed by atoms with Crippen molar-refractivity contribution in [3.05, 3.63) is 65.5 Å². The summed E-state index contributed by atoms with van der Waals surface area (Å²) in [6, 6.07) is 12.1. The maximum absolute atomic E-state index is 13.7. The number of piperazine rings is 1. The average Bonchev–Trinajstić information content (AvgIpc) is 2.69. The number of carbonyl (C=O) groups excluding carboxylic acids is 2. The summed E-state index contributed by atoms with van der Waals surface area (Å²) >= 11 is 0. The first-order valence-corrected chi connectivity index (χ1v) is 11.1. The van der Waals surface area contributed by atoms with E-state index in [4.69, 9.17) is 10.5 Å². The van der Waals surface area contributed by atoms with Crippen LogP contribution in [0, 0.1) is 5.82 Å². The summed E-state index contributed by atoms with van der Waals surface area (Å²) in [5.74, 6) is -0.945. The predicted octanol–water partition coefficient (Wildman–Crippen LogP) is 3.44. The number of aromatic hydroxyl groups is 1. The van der Waals surface area contributed by atoms with Crippen LogP contribution in [0.15, 0.2) is 48.5 Å². The van der Waals surface area contributed by atoms with Crippen LogP contribution in [-0.4, -0.2) is 57.7 Å². The van der Waals surface area contributed by atoms with Gasteiger partial charge in [0.2, 0.25) is 5.91 Å². The van der Waals surface area contributed by atoms with Crippen molar-refractivity contribution < 1.29 is 23.8 Å². The van der Waals surface area contributed by atoms with Gasteiger partial charge in [-0.3, -0.25) is 9.69 Å². The summed E-state index contributed by atoms with van der Waals surface area (Å²) in [6.45, 7) is 6.47. The van der Waals surface area contributed by atoms with Crippen molar-refractivity contribution in [2.45, 2.75) is 57.8 Å². The molecule has 0 saturated carbocycles. The molecule has 3 rings (SSSR count). The molecule has 7 nitrogen and oxygen atoms in total. The molecule has 2 atom stereocenters. The summed E-state index contributed by atoms with van der Waals surface area (Å²) in [5, 5.41) is 9.66. The van der Waals surface area contributed by atoms with Crippen LogP contribution in [0.3, 0.4) is 0 Å². The van der Waals surface area contributed by atoms with Crippen molar-refractivity contribution >= 4 is 12.0 Å². The van der Waals surface area contributed by atoms with Gasteiger partial charge in [-0.05, 0) is 56.9 Å². The van der Waals surface area contributed by atoms with Gasteiger partial charge < -0.3 is 20.5 Å². The minimum Gasteiger partial charge on any atom is -0.508 e. The highest BCUT2D eigenvalue weighted by Gasteiger charge is 2.40. The lowest BCUT2D eigenvalue weighted by Crippen LogP contribution is -2.60. The van der Waals surface area contributed by atoms with E-state index in [1.165, 1.54) is 17.0 Å². The zero-order valence-electron chi connectivity index (χ0n) is 19.3. The normalized spacial score (nSPS) is 17.7. The maximum atomic E-state index is 13.7. The lowest BCUT2D eigenvalue weighted by atomic mass is 9.97. The zero-order chi connectivity index (χ0) is 24.2. The average molecular weight is 458 g/mol. The molecular weight excluding hydrogens is 425 g/mol. The van der Waals surface area contributed by atoms with E-state index in [-0.39, 0.29) is 24.5 Å². The Hall–Kier alpha value is -3.13. The molecule has 1 aliphatic heterocycles. The van der Waals surface area contributed by atoms with Crippen molar-refractivity contribution in [1.29, 1.82) is 0 Å². The lowest BCUT2D eigenvalue weighted by molar-refractivity contribution is -0.142. The maximum Gasteiger partial charge on any atom is 0.411 e. The number of rotatable bonds is 6. The van der Waals surface area contributed by atoms with Crippen molar-refractivity contribution in [3.63, 3.8) is 0 Å². The number of carbonyl (C=O) groups is 2. The molecule has 0 bridgehead atoms. The topological polar surface area (TPSA) is 96.1 Å². The molecule has 2 aromatic carbocycles. The summed E-state index contributed by atoms with van der Waals surface area (Å²) < 4.78 is 19.2. The Labute approximate surface area is 193 Å². The van der Waals surface area contributed by atoms with E-state index in [1.807, 2.05) is 30.3 Å². The third-order valence-electron chi connectivity index (χ3n) is 5.39. The van der Waals surface area contributed by atoms with Crippen LogP contribution in [0.1, 0.15) is 38.3 Å². The summed E-state index contributed by atoms with van der Waals surface area (Å²) in [4.78, 5) is 29.5. The van der Waals surface area contributed by atoms with Gasteiger partial charge in [0.15, 0.2) is 0 Å². The van der Waals surface area contributed by atoms with Gasteiger partial charge in [0.05, 0.1) is 0 Å².